The predicted molar refractivity (Wildman–Crippen MR) is 126 cm³/mol. The van der Waals surface area contributed by atoms with Gasteiger partial charge < -0.3 is 24.7 Å². The third-order valence-corrected chi connectivity index (χ3v) is 5.77. The van der Waals surface area contributed by atoms with E-state index >= 15 is 0 Å². The summed E-state index contributed by atoms with van der Waals surface area (Å²) in [5.74, 6) is -1.56. The molecule has 168 valence electrons. The average Bonchev–Trinajstić information content (AvgIpc) is 3.03. The molecule has 2 N–H and O–H groups in total. The zero-order chi connectivity index (χ0) is 23.4. The minimum Gasteiger partial charge on any atom is -0.503 e. The lowest BCUT2D eigenvalue weighted by atomic mass is 9.95. The van der Waals surface area contributed by atoms with Crippen LogP contribution in [0, 0.1) is 0 Å². The van der Waals surface area contributed by atoms with E-state index in [1.54, 1.807) is 18.2 Å². The fraction of sp³-hybridized carbons (Fsp3) is 0.250. The van der Waals surface area contributed by atoms with E-state index in [0.29, 0.717) is 23.1 Å². The van der Waals surface area contributed by atoms with Crippen LogP contribution in [0.2, 0.25) is 0 Å². The molecule has 1 aliphatic rings. The molecule has 1 heterocycles. The van der Waals surface area contributed by atoms with Crippen molar-refractivity contribution in [2.75, 3.05) is 34.3 Å². The van der Waals surface area contributed by atoms with E-state index in [0.717, 1.165) is 5.56 Å². The van der Waals surface area contributed by atoms with Crippen LogP contribution in [0.5, 0.6) is 11.5 Å². The highest BCUT2D eigenvalue weighted by Gasteiger charge is 2.43. The number of carbonyl (C=O) groups excluding carboxylic acids is 2. The van der Waals surface area contributed by atoms with Crippen molar-refractivity contribution in [2.45, 2.75) is 6.04 Å². The van der Waals surface area contributed by atoms with E-state index in [9.17, 15) is 19.8 Å². The van der Waals surface area contributed by atoms with Gasteiger partial charge in [-0.05, 0) is 59.4 Å². The SMILES string of the molecule is COc1cc(C2C(C(=O)/C=C/c3ccccc3)=C(O)C(=O)N2CCN(C)C)cc(Br)c1O. The molecular weight excluding hydrogens is 476 g/mol. The number of hydrogen-bond donors (Lipinski definition) is 2. The second kappa shape index (κ2) is 10.0. The van der Waals surface area contributed by atoms with Crippen LogP contribution in [-0.4, -0.2) is 66.0 Å². The molecule has 0 radical (unpaired) electrons. The molecule has 0 fully saturated rings. The number of methoxy groups -OCH3 is 1. The molecule has 1 atom stereocenters. The van der Waals surface area contributed by atoms with Gasteiger partial charge >= 0.3 is 0 Å². The van der Waals surface area contributed by atoms with Crippen LogP contribution in [0.15, 0.2) is 64.3 Å². The number of aliphatic hydroxyl groups is 1. The van der Waals surface area contributed by atoms with Crippen LogP contribution in [0.3, 0.4) is 0 Å². The van der Waals surface area contributed by atoms with Crippen molar-refractivity contribution >= 4 is 33.7 Å². The highest BCUT2D eigenvalue weighted by molar-refractivity contribution is 9.10. The Kier molecular flexibility index (Phi) is 7.37. The van der Waals surface area contributed by atoms with Gasteiger partial charge in [0.2, 0.25) is 0 Å². The lowest BCUT2D eigenvalue weighted by Gasteiger charge is -2.28. The van der Waals surface area contributed by atoms with Crippen molar-refractivity contribution < 1.29 is 24.5 Å². The lowest BCUT2D eigenvalue weighted by molar-refractivity contribution is -0.129. The fourth-order valence-electron chi connectivity index (χ4n) is 3.52. The van der Waals surface area contributed by atoms with E-state index < -0.39 is 23.5 Å². The first-order valence-electron chi connectivity index (χ1n) is 9.97. The molecule has 1 unspecified atom stereocenters. The molecule has 8 heteroatoms. The Labute approximate surface area is 195 Å². The Bertz CT molecular complexity index is 1080. The van der Waals surface area contributed by atoms with Crippen LogP contribution in [-0.2, 0) is 9.59 Å². The maximum Gasteiger partial charge on any atom is 0.290 e. The standard InChI is InChI=1S/C24H25BrN2O5/c1-26(2)11-12-27-21(16-13-17(25)22(29)19(14-16)32-3)20(23(30)24(27)31)18(28)10-9-15-7-5-4-6-8-15/h4-10,13-14,21,29-30H,11-12H2,1-3H3/b10-9+. The largest absolute Gasteiger partial charge is 0.503 e. The number of aromatic hydroxyl groups is 1. The Morgan fingerprint density at radius 1 is 1.22 bits per heavy atom. The number of carbonyl (C=O) groups is 2. The normalized spacial score (nSPS) is 16.5. The summed E-state index contributed by atoms with van der Waals surface area (Å²) in [6.07, 6.45) is 2.99. The first-order chi connectivity index (χ1) is 15.2. The lowest BCUT2D eigenvalue weighted by Crippen LogP contribution is -2.36. The van der Waals surface area contributed by atoms with Crippen LogP contribution in [0.1, 0.15) is 17.2 Å². The zero-order valence-electron chi connectivity index (χ0n) is 18.1. The molecule has 0 saturated carbocycles. The Hall–Kier alpha value is -3.10. The number of likely N-dealkylation sites (N-methyl/N-ethyl adjacent to an activating group) is 1. The van der Waals surface area contributed by atoms with Gasteiger partial charge in [0.05, 0.1) is 23.2 Å². The van der Waals surface area contributed by atoms with Crippen molar-refractivity contribution in [2.24, 2.45) is 0 Å². The Balaban J connectivity index is 2.06. The number of amides is 1. The minimum absolute atomic E-state index is 0.0134. The van der Waals surface area contributed by atoms with Gasteiger partial charge in [-0.15, -0.1) is 0 Å². The number of nitrogens with zero attached hydrogens (tertiary/aromatic N) is 2. The topological polar surface area (TPSA) is 90.3 Å². The molecular formula is C24H25BrN2O5. The van der Waals surface area contributed by atoms with Gasteiger partial charge in [-0.25, -0.2) is 0 Å². The smallest absolute Gasteiger partial charge is 0.290 e. The Morgan fingerprint density at radius 2 is 1.91 bits per heavy atom. The van der Waals surface area contributed by atoms with Gasteiger partial charge in [0.25, 0.3) is 5.91 Å². The zero-order valence-corrected chi connectivity index (χ0v) is 19.7. The van der Waals surface area contributed by atoms with E-state index in [-0.39, 0.29) is 17.1 Å². The quantitative estimate of drug-likeness (QED) is 0.537. The molecule has 1 aliphatic heterocycles. The maximum atomic E-state index is 13.2. The number of phenols is 1. The van der Waals surface area contributed by atoms with Crippen LogP contribution < -0.4 is 4.74 Å². The summed E-state index contributed by atoms with van der Waals surface area (Å²) in [6, 6.07) is 11.6. The number of rotatable bonds is 8. The van der Waals surface area contributed by atoms with Crippen molar-refractivity contribution in [1.29, 1.82) is 0 Å². The highest BCUT2D eigenvalue weighted by Crippen LogP contribution is 2.43. The van der Waals surface area contributed by atoms with Gasteiger partial charge in [-0.1, -0.05) is 36.4 Å². The summed E-state index contributed by atoms with van der Waals surface area (Å²) in [5, 5.41) is 20.9. The number of ketones is 1. The maximum absolute atomic E-state index is 13.2. The number of allylic oxidation sites excluding steroid dienone is 1. The number of ether oxygens (including phenoxy) is 1. The molecule has 1 amide bonds. The van der Waals surface area contributed by atoms with Crippen molar-refractivity contribution in [3.63, 3.8) is 0 Å². The summed E-state index contributed by atoms with van der Waals surface area (Å²) in [4.78, 5) is 29.5. The van der Waals surface area contributed by atoms with E-state index in [2.05, 4.69) is 15.9 Å². The molecule has 0 aromatic heterocycles. The molecule has 0 spiro atoms. The second-order valence-electron chi connectivity index (χ2n) is 7.63. The third-order valence-electron chi connectivity index (χ3n) is 5.17. The summed E-state index contributed by atoms with van der Waals surface area (Å²) < 4.78 is 5.60. The van der Waals surface area contributed by atoms with Gasteiger partial charge in [-0.2, -0.15) is 0 Å². The van der Waals surface area contributed by atoms with Crippen LogP contribution >= 0.6 is 15.9 Å². The van der Waals surface area contributed by atoms with Gasteiger partial charge in [-0.3, -0.25) is 9.59 Å². The molecule has 2 aromatic rings. The van der Waals surface area contributed by atoms with E-state index in [1.807, 2.05) is 49.3 Å². The fourth-order valence-corrected chi connectivity index (χ4v) is 3.98. The summed E-state index contributed by atoms with van der Waals surface area (Å²) in [7, 11) is 5.16. The molecule has 0 saturated heterocycles. The van der Waals surface area contributed by atoms with Crippen molar-refractivity contribution in [3.05, 3.63) is 75.5 Å². The molecule has 0 bridgehead atoms. The minimum atomic E-state index is -0.832. The summed E-state index contributed by atoms with van der Waals surface area (Å²) >= 11 is 3.30. The number of halogens is 1. The third kappa shape index (κ3) is 4.87. The van der Waals surface area contributed by atoms with Crippen molar-refractivity contribution in [1.82, 2.24) is 9.80 Å². The molecule has 7 nitrogen and oxygen atoms in total. The van der Waals surface area contributed by atoms with Gasteiger partial charge in [0.15, 0.2) is 23.0 Å². The number of aliphatic hydroxyl groups excluding tert-OH is 1. The number of benzene rings is 2. The number of hydrogen-bond acceptors (Lipinski definition) is 6. The Morgan fingerprint density at radius 3 is 2.53 bits per heavy atom. The summed E-state index contributed by atoms with van der Waals surface area (Å²) in [5.41, 5.74) is 1.33. The van der Waals surface area contributed by atoms with Crippen LogP contribution in [0.4, 0.5) is 0 Å². The van der Waals surface area contributed by atoms with Gasteiger partial charge in [0, 0.05) is 13.1 Å². The average molecular weight is 501 g/mol. The summed E-state index contributed by atoms with van der Waals surface area (Å²) in [6.45, 7) is 0.827. The highest BCUT2D eigenvalue weighted by atomic mass is 79.9. The van der Waals surface area contributed by atoms with Crippen molar-refractivity contribution in [3.8, 4) is 11.5 Å². The first-order valence-corrected chi connectivity index (χ1v) is 10.8. The molecule has 3 rings (SSSR count). The van der Waals surface area contributed by atoms with Crippen LogP contribution in [0.25, 0.3) is 6.08 Å². The molecule has 32 heavy (non-hydrogen) atoms. The monoisotopic (exact) mass is 500 g/mol. The predicted octanol–water partition coefficient (Wildman–Crippen LogP) is 3.70. The number of phenolic OH excluding ortho intramolecular Hbond substituents is 1. The van der Waals surface area contributed by atoms with E-state index in [1.165, 1.54) is 18.1 Å². The van der Waals surface area contributed by atoms with Gasteiger partial charge in [0.1, 0.15) is 0 Å². The molecule has 0 aliphatic carbocycles. The molecule has 2 aromatic carbocycles. The van der Waals surface area contributed by atoms with E-state index in [4.69, 9.17) is 4.74 Å². The first kappa shape index (κ1) is 23.6. The second-order valence-corrected chi connectivity index (χ2v) is 8.48.